The zero-order valence-corrected chi connectivity index (χ0v) is 9.02. The summed E-state index contributed by atoms with van der Waals surface area (Å²) in [4.78, 5) is 0. The van der Waals surface area contributed by atoms with E-state index in [-0.39, 0.29) is 0 Å². The molecule has 62 valence electrons. The van der Waals surface area contributed by atoms with Crippen LogP contribution in [0.4, 0.5) is 0 Å². The smallest absolute Gasteiger partial charge is 0.176 e. The summed E-state index contributed by atoms with van der Waals surface area (Å²) < 4.78 is 5.60. The van der Waals surface area contributed by atoms with Gasteiger partial charge < -0.3 is 4.43 Å². The second-order valence-electron chi connectivity index (χ2n) is 2.35. The van der Waals surface area contributed by atoms with Gasteiger partial charge in [-0.3, -0.25) is 0 Å². The lowest BCUT2D eigenvalue weighted by Crippen LogP contribution is -2.16. The number of hydrogen-bond acceptors (Lipinski definition) is 2. The molecule has 0 saturated heterocycles. The van der Waals surface area contributed by atoms with Crippen molar-refractivity contribution in [2.24, 2.45) is 0 Å². The van der Waals surface area contributed by atoms with Crippen LogP contribution >= 0.6 is 12.6 Å². The first-order valence-corrected chi connectivity index (χ1v) is 6.81. The molecule has 0 aromatic rings. The Labute approximate surface area is 71.3 Å². The van der Waals surface area contributed by atoms with Crippen LogP contribution in [0.15, 0.2) is 0 Å². The van der Waals surface area contributed by atoms with E-state index in [0.29, 0.717) is 0 Å². The molecule has 10 heavy (non-hydrogen) atoms. The number of thiol groups is 1. The lowest BCUT2D eigenvalue weighted by atomic mass is 10.6. The third-order valence-corrected chi connectivity index (χ3v) is 4.63. The summed E-state index contributed by atoms with van der Waals surface area (Å²) in [5, 5.41) is 0. The fraction of sp³-hybridized carbons (Fsp3) is 1.00. The Morgan fingerprint density at radius 3 is 2.50 bits per heavy atom. The van der Waals surface area contributed by atoms with E-state index in [2.05, 4.69) is 26.5 Å². The summed E-state index contributed by atoms with van der Waals surface area (Å²) in [5.41, 5.74) is 0. The molecule has 0 bridgehead atoms. The van der Waals surface area contributed by atoms with Crippen LogP contribution in [0.2, 0.25) is 12.1 Å². The molecule has 0 fully saturated rings. The second kappa shape index (κ2) is 7.63. The lowest BCUT2D eigenvalue weighted by molar-refractivity contribution is 0.341. The van der Waals surface area contributed by atoms with Gasteiger partial charge in [0.05, 0.1) is 0 Å². The van der Waals surface area contributed by atoms with E-state index in [0.717, 1.165) is 12.4 Å². The van der Waals surface area contributed by atoms with Crippen molar-refractivity contribution in [1.29, 1.82) is 0 Å². The Morgan fingerprint density at radius 1 is 1.40 bits per heavy atom. The van der Waals surface area contributed by atoms with E-state index in [1.807, 2.05) is 0 Å². The Morgan fingerprint density at radius 2 is 2.10 bits per heavy atom. The maximum absolute atomic E-state index is 5.60. The molecule has 0 rings (SSSR count). The fourth-order valence-electron chi connectivity index (χ4n) is 0.960. The molecule has 0 aliphatic carbocycles. The molecule has 1 atom stereocenters. The molecular weight excluding hydrogens is 160 g/mol. The van der Waals surface area contributed by atoms with Crippen molar-refractivity contribution in [3.05, 3.63) is 0 Å². The van der Waals surface area contributed by atoms with Gasteiger partial charge in [-0.1, -0.05) is 6.92 Å². The van der Waals surface area contributed by atoms with Crippen LogP contribution in [0.5, 0.6) is 0 Å². The predicted octanol–water partition coefficient (Wildman–Crippen LogP) is 2.09. The normalized spacial score (nSPS) is 13.5. The van der Waals surface area contributed by atoms with Gasteiger partial charge in [0, 0.05) is 6.61 Å². The third kappa shape index (κ3) is 5.32. The van der Waals surface area contributed by atoms with E-state index >= 15 is 0 Å². The van der Waals surface area contributed by atoms with Gasteiger partial charge in [0.25, 0.3) is 0 Å². The summed E-state index contributed by atoms with van der Waals surface area (Å²) in [6, 6.07) is 2.56. The van der Waals surface area contributed by atoms with E-state index in [1.54, 1.807) is 0 Å². The van der Waals surface area contributed by atoms with Crippen LogP contribution < -0.4 is 0 Å². The van der Waals surface area contributed by atoms with Gasteiger partial charge in [0.1, 0.15) is 0 Å². The molecule has 0 radical (unpaired) electrons. The summed E-state index contributed by atoms with van der Waals surface area (Å²) in [5.74, 6) is 1.01. The first-order valence-electron chi connectivity index (χ1n) is 4.07. The van der Waals surface area contributed by atoms with Gasteiger partial charge in [0.15, 0.2) is 9.04 Å². The molecule has 0 aromatic carbocycles. The van der Waals surface area contributed by atoms with Crippen LogP contribution in [-0.4, -0.2) is 21.4 Å². The second-order valence-corrected chi connectivity index (χ2v) is 5.77. The van der Waals surface area contributed by atoms with E-state index in [9.17, 15) is 0 Å². The average Bonchev–Trinajstić information content (AvgIpc) is 1.98. The highest BCUT2D eigenvalue weighted by molar-refractivity contribution is 7.80. The monoisotopic (exact) mass is 178 g/mol. The van der Waals surface area contributed by atoms with Crippen LogP contribution in [0, 0.1) is 0 Å². The van der Waals surface area contributed by atoms with E-state index < -0.39 is 9.04 Å². The van der Waals surface area contributed by atoms with Gasteiger partial charge in [-0.15, -0.1) is 0 Å². The maximum atomic E-state index is 5.60. The molecule has 0 aromatic heterocycles. The number of hydrogen-bond donors (Lipinski definition) is 1. The van der Waals surface area contributed by atoms with Gasteiger partial charge in [-0.25, -0.2) is 0 Å². The summed E-state index contributed by atoms with van der Waals surface area (Å²) in [7, 11) is -0.779. The zero-order valence-electron chi connectivity index (χ0n) is 6.97. The maximum Gasteiger partial charge on any atom is 0.176 e. The summed E-state index contributed by atoms with van der Waals surface area (Å²) >= 11 is 4.17. The van der Waals surface area contributed by atoms with Crippen molar-refractivity contribution in [2.45, 2.75) is 32.4 Å². The minimum Gasteiger partial charge on any atom is -0.420 e. The summed E-state index contributed by atoms with van der Waals surface area (Å²) in [6.07, 6.45) is 1.23. The van der Waals surface area contributed by atoms with Crippen LogP contribution in [0.1, 0.15) is 20.3 Å². The molecule has 0 aliphatic heterocycles. The Balaban J connectivity index is 3.21. The van der Waals surface area contributed by atoms with Gasteiger partial charge in [-0.2, -0.15) is 12.6 Å². The molecule has 1 unspecified atom stereocenters. The topological polar surface area (TPSA) is 9.23 Å². The molecule has 3 heteroatoms. The minimum absolute atomic E-state index is 0.779. The van der Waals surface area contributed by atoms with E-state index in [1.165, 1.54) is 18.5 Å². The quantitative estimate of drug-likeness (QED) is 0.484. The van der Waals surface area contributed by atoms with Crippen molar-refractivity contribution in [2.75, 3.05) is 12.4 Å². The molecule has 0 saturated carbocycles. The van der Waals surface area contributed by atoms with Crippen molar-refractivity contribution >= 4 is 21.7 Å². The zero-order chi connectivity index (χ0) is 7.82. The highest BCUT2D eigenvalue weighted by Crippen LogP contribution is 2.04. The Hall–Kier alpha value is 0.527. The fourth-order valence-corrected chi connectivity index (χ4v) is 3.43. The molecule has 0 amide bonds. The van der Waals surface area contributed by atoms with E-state index in [4.69, 9.17) is 4.43 Å². The van der Waals surface area contributed by atoms with Crippen molar-refractivity contribution in [3.8, 4) is 0 Å². The predicted molar refractivity (Wildman–Crippen MR) is 52.5 cm³/mol. The largest absolute Gasteiger partial charge is 0.420 e. The first kappa shape index (κ1) is 10.5. The van der Waals surface area contributed by atoms with Crippen LogP contribution in [-0.2, 0) is 4.43 Å². The van der Waals surface area contributed by atoms with Gasteiger partial charge in [-0.05, 0) is 31.2 Å². The Kier molecular flexibility index (Phi) is 8.03. The first-order chi connectivity index (χ1) is 4.85. The molecule has 0 heterocycles. The molecular formula is C7H18OSSi. The molecule has 1 nitrogen and oxygen atoms in total. The van der Waals surface area contributed by atoms with Crippen molar-refractivity contribution in [3.63, 3.8) is 0 Å². The third-order valence-electron chi connectivity index (χ3n) is 1.54. The lowest BCUT2D eigenvalue weighted by Gasteiger charge is -2.11. The highest BCUT2D eigenvalue weighted by atomic mass is 32.1. The Bertz CT molecular complexity index is 70.6. The summed E-state index contributed by atoms with van der Waals surface area (Å²) in [6.45, 7) is 5.21. The molecule has 0 N–H and O–H groups in total. The molecule has 0 aliphatic rings. The van der Waals surface area contributed by atoms with Crippen molar-refractivity contribution in [1.82, 2.24) is 0 Å². The van der Waals surface area contributed by atoms with Gasteiger partial charge >= 0.3 is 0 Å². The minimum atomic E-state index is -0.779. The standard InChI is InChI=1S/C7H18OSSi/c1-3-8-10(4-2)7-5-6-9/h9-10H,3-7H2,1-2H3. The highest BCUT2D eigenvalue weighted by Gasteiger charge is 2.06. The molecule has 0 spiro atoms. The van der Waals surface area contributed by atoms with Gasteiger partial charge in [0.2, 0.25) is 0 Å². The average molecular weight is 178 g/mol. The number of rotatable bonds is 6. The van der Waals surface area contributed by atoms with Crippen LogP contribution in [0.25, 0.3) is 0 Å². The SMILES string of the molecule is CCO[SiH](CC)CCCS. The van der Waals surface area contributed by atoms with Crippen molar-refractivity contribution < 1.29 is 4.43 Å². The van der Waals surface area contributed by atoms with Crippen LogP contribution in [0.3, 0.4) is 0 Å².